The Bertz CT molecular complexity index is 520. The number of aryl methyl sites for hydroxylation is 1. The van der Waals surface area contributed by atoms with Crippen LogP contribution in [0.5, 0.6) is 0 Å². The average molecular weight is 240 g/mol. The van der Waals surface area contributed by atoms with Gasteiger partial charge in [-0.2, -0.15) is 5.10 Å². The molecule has 0 unspecified atom stereocenters. The van der Waals surface area contributed by atoms with Gasteiger partial charge in [0, 0.05) is 12.2 Å². The lowest BCUT2D eigenvalue weighted by Gasteiger charge is -2.08. The van der Waals surface area contributed by atoms with E-state index in [2.05, 4.69) is 29.0 Å². The summed E-state index contributed by atoms with van der Waals surface area (Å²) in [6, 6.07) is 0.300. The van der Waals surface area contributed by atoms with Crippen molar-refractivity contribution in [3.05, 3.63) is 16.0 Å². The van der Waals surface area contributed by atoms with Crippen LogP contribution in [-0.4, -0.2) is 19.7 Å². The molecule has 0 saturated carbocycles. The lowest BCUT2D eigenvalue weighted by atomic mass is 10.3. The molecule has 2 aromatic heterocycles. The number of thiazole rings is 1. The summed E-state index contributed by atoms with van der Waals surface area (Å²) in [5.74, 6) is 0.876. The number of H-pyrrole nitrogens is 1. The molecule has 0 atom stereocenters. The Morgan fingerprint density at radius 2 is 2.27 bits per heavy atom. The van der Waals surface area contributed by atoms with E-state index in [4.69, 9.17) is 12.2 Å². The van der Waals surface area contributed by atoms with E-state index in [9.17, 15) is 0 Å². The van der Waals surface area contributed by atoms with Gasteiger partial charge in [0.15, 0.2) is 10.6 Å². The van der Waals surface area contributed by atoms with Gasteiger partial charge in [-0.3, -0.25) is 9.67 Å². The van der Waals surface area contributed by atoms with Crippen LogP contribution >= 0.6 is 23.6 Å². The van der Waals surface area contributed by atoms with Crippen molar-refractivity contribution in [1.29, 1.82) is 0 Å². The van der Waals surface area contributed by atoms with Gasteiger partial charge in [0.1, 0.15) is 0 Å². The second kappa shape index (κ2) is 3.86. The van der Waals surface area contributed by atoms with Crippen LogP contribution < -0.4 is 0 Å². The zero-order valence-electron chi connectivity index (χ0n) is 8.81. The zero-order valence-corrected chi connectivity index (χ0v) is 10.4. The fourth-order valence-corrected chi connectivity index (χ4v) is 2.53. The van der Waals surface area contributed by atoms with E-state index in [1.165, 1.54) is 0 Å². The number of aromatic nitrogens is 4. The van der Waals surface area contributed by atoms with Crippen molar-refractivity contribution in [3.63, 3.8) is 0 Å². The van der Waals surface area contributed by atoms with E-state index in [0.29, 0.717) is 10.8 Å². The number of nitrogens with zero attached hydrogens (tertiary/aromatic N) is 3. The topological polar surface area (TPSA) is 46.5 Å². The number of hydrogen-bond acceptors (Lipinski definition) is 4. The zero-order chi connectivity index (χ0) is 11.0. The number of nitrogens with one attached hydrogen (secondary N) is 1. The minimum Gasteiger partial charge on any atom is -0.297 e. The van der Waals surface area contributed by atoms with E-state index in [0.717, 1.165) is 15.7 Å². The Morgan fingerprint density at radius 1 is 1.53 bits per heavy atom. The van der Waals surface area contributed by atoms with Gasteiger partial charge in [-0.05, 0) is 33.0 Å². The van der Waals surface area contributed by atoms with Crippen molar-refractivity contribution in [2.45, 2.75) is 26.8 Å². The maximum Gasteiger partial charge on any atom is 0.195 e. The first-order valence-electron chi connectivity index (χ1n) is 4.69. The van der Waals surface area contributed by atoms with Crippen LogP contribution in [0.25, 0.3) is 10.7 Å². The van der Waals surface area contributed by atoms with Crippen molar-refractivity contribution in [2.24, 2.45) is 0 Å². The third-order valence-corrected chi connectivity index (χ3v) is 3.26. The van der Waals surface area contributed by atoms with Crippen LogP contribution in [0, 0.1) is 11.7 Å². The van der Waals surface area contributed by atoms with Gasteiger partial charge >= 0.3 is 0 Å². The first-order valence-corrected chi connectivity index (χ1v) is 5.91. The molecular formula is C9H12N4S2. The molecule has 0 aromatic carbocycles. The summed E-state index contributed by atoms with van der Waals surface area (Å²) in [4.78, 5) is 5.27. The third kappa shape index (κ3) is 1.87. The lowest BCUT2D eigenvalue weighted by Crippen LogP contribution is -2.02. The van der Waals surface area contributed by atoms with Gasteiger partial charge in [0.25, 0.3) is 0 Å². The molecule has 0 aliphatic rings. The molecule has 0 aliphatic carbocycles. The molecule has 2 aromatic rings. The molecular weight excluding hydrogens is 228 g/mol. The molecule has 0 spiro atoms. The standard InChI is InChI=1S/C9H12N4S2/c1-5(2)13-8(11-12-9(13)14)7-4-10-6(3)15-7/h4-5H,1-3H3,(H,12,14). The largest absolute Gasteiger partial charge is 0.297 e. The molecule has 2 rings (SSSR count). The Kier molecular flexibility index (Phi) is 2.70. The first-order chi connectivity index (χ1) is 7.09. The summed E-state index contributed by atoms with van der Waals surface area (Å²) in [6.07, 6.45) is 1.84. The van der Waals surface area contributed by atoms with E-state index >= 15 is 0 Å². The van der Waals surface area contributed by atoms with Crippen molar-refractivity contribution in [3.8, 4) is 10.7 Å². The quantitative estimate of drug-likeness (QED) is 0.821. The monoisotopic (exact) mass is 240 g/mol. The fraction of sp³-hybridized carbons (Fsp3) is 0.444. The minimum atomic E-state index is 0.300. The molecule has 6 heteroatoms. The van der Waals surface area contributed by atoms with Crippen LogP contribution in [0.1, 0.15) is 24.9 Å². The Hall–Kier alpha value is -1.01. The molecule has 0 fully saturated rings. The number of hydrogen-bond donors (Lipinski definition) is 1. The summed E-state index contributed by atoms with van der Waals surface area (Å²) in [5.41, 5.74) is 0. The fourth-order valence-electron chi connectivity index (χ4n) is 1.42. The molecule has 0 amide bonds. The maximum absolute atomic E-state index is 5.19. The predicted molar refractivity (Wildman–Crippen MR) is 63.6 cm³/mol. The highest BCUT2D eigenvalue weighted by Crippen LogP contribution is 2.26. The average Bonchev–Trinajstić information content (AvgIpc) is 2.71. The predicted octanol–water partition coefficient (Wildman–Crippen LogP) is 2.95. The summed E-state index contributed by atoms with van der Waals surface area (Å²) >= 11 is 6.81. The van der Waals surface area contributed by atoms with Gasteiger partial charge < -0.3 is 0 Å². The van der Waals surface area contributed by atoms with Gasteiger partial charge in [-0.1, -0.05) is 0 Å². The van der Waals surface area contributed by atoms with Gasteiger partial charge in [0.05, 0.1) is 9.88 Å². The van der Waals surface area contributed by atoms with Gasteiger partial charge in [-0.25, -0.2) is 4.98 Å². The van der Waals surface area contributed by atoms with Crippen LogP contribution in [0.4, 0.5) is 0 Å². The molecule has 0 aliphatic heterocycles. The molecule has 0 saturated heterocycles. The normalized spacial score (nSPS) is 11.2. The number of rotatable bonds is 2. The molecule has 2 heterocycles. The van der Waals surface area contributed by atoms with Crippen molar-refractivity contribution in [2.75, 3.05) is 0 Å². The minimum absolute atomic E-state index is 0.300. The lowest BCUT2D eigenvalue weighted by molar-refractivity contribution is 0.597. The Balaban J connectivity index is 2.58. The highest BCUT2D eigenvalue weighted by atomic mass is 32.1. The summed E-state index contributed by atoms with van der Waals surface area (Å²) in [7, 11) is 0. The van der Waals surface area contributed by atoms with Crippen LogP contribution in [0.15, 0.2) is 6.20 Å². The van der Waals surface area contributed by atoms with Gasteiger partial charge in [0.2, 0.25) is 0 Å². The molecule has 1 N–H and O–H groups in total. The number of aromatic amines is 1. The van der Waals surface area contributed by atoms with E-state index in [1.54, 1.807) is 11.3 Å². The van der Waals surface area contributed by atoms with Crippen molar-refractivity contribution in [1.82, 2.24) is 19.7 Å². The summed E-state index contributed by atoms with van der Waals surface area (Å²) in [6.45, 7) is 6.15. The Morgan fingerprint density at radius 3 is 2.80 bits per heavy atom. The van der Waals surface area contributed by atoms with E-state index in [1.807, 2.05) is 17.7 Å². The van der Waals surface area contributed by atoms with Crippen LogP contribution in [-0.2, 0) is 0 Å². The highest BCUT2D eigenvalue weighted by Gasteiger charge is 2.13. The summed E-state index contributed by atoms with van der Waals surface area (Å²) in [5, 5.41) is 8.09. The van der Waals surface area contributed by atoms with Crippen LogP contribution in [0.2, 0.25) is 0 Å². The SMILES string of the molecule is Cc1ncc(-c2n[nH]c(=S)n2C(C)C)s1. The van der Waals surface area contributed by atoms with Crippen molar-refractivity contribution >= 4 is 23.6 Å². The van der Waals surface area contributed by atoms with E-state index in [-0.39, 0.29) is 0 Å². The molecule has 4 nitrogen and oxygen atoms in total. The first kappa shape index (κ1) is 10.5. The molecule has 15 heavy (non-hydrogen) atoms. The third-order valence-electron chi connectivity index (χ3n) is 2.06. The van der Waals surface area contributed by atoms with Crippen molar-refractivity contribution < 1.29 is 0 Å². The van der Waals surface area contributed by atoms with Crippen LogP contribution in [0.3, 0.4) is 0 Å². The molecule has 0 bridgehead atoms. The van der Waals surface area contributed by atoms with E-state index < -0.39 is 0 Å². The summed E-state index contributed by atoms with van der Waals surface area (Å²) < 4.78 is 2.66. The van der Waals surface area contributed by atoms with Gasteiger partial charge in [-0.15, -0.1) is 11.3 Å². The Labute approximate surface area is 97.0 Å². The molecule has 80 valence electrons. The smallest absolute Gasteiger partial charge is 0.195 e. The highest BCUT2D eigenvalue weighted by molar-refractivity contribution is 7.71. The maximum atomic E-state index is 5.19. The molecule has 0 radical (unpaired) electrons. The second-order valence-electron chi connectivity index (χ2n) is 3.56. The second-order valence-corrected chi connectivity index (χ2v) is 5.18.